The molecule has 29 heavy (non-hydrogen) atoms. The molecule has 0 saturated carbocycles. The van der Waals surface area contributed by atoms with Crippen LogP contribution < -0.4 is 10.2 Å². The minimum atomic E-state index is -0.425. The first-order chi connectivity index (χ1) is 13.4. The summed E-state index contributed by atoms with van der Waals surface area (Å²) in [6.07, 6.45) is 0. The Kier molecular flexibility index (Phi) is 6.28. The highest BCUT2D eigenvalue weighted by Gasteiger charge is 2.38. The number of nitrogens with one attached hydrogen (secondary N) is 1. The molecule has 4 rings (SSSR count). The molecule has 0 aliphatic carbocycles. The maximum Gasteiger partial charge on any atom is 0.293 e. The Labute approximate surface area is 175 Å². The van der Waals surface area contributed by atoms with Crippen LogP contribution in [0.4, 0.5) is 11.4 Å². The van der Waals surface area contributed by atoms with Gasteiger partial charge in [-0.2, -0.15) is 0 Å². The van der Waals surface area contributed by atoms with Gasteiger partial charge in [-0.25, -0.2) is 0 Å². The number of likely N-dealkylation sites (tertiary alicyclic amines) is 1. The summed E-state index contributed by atoms with van der Waals surface area (Å²) in [5.74, 6) is 0.845. The van der Waals surface area contributed by atoms with E-state index >= 15 is 0 Å². The molecule has 0 radical (unpaired) electrons. The Morgan fingerprint density at radius 2 is 1.69 bits per heavy atom. The van der Waals surface area contributed by atoms with Crippen molar-refractivity contribution in [3.8, 4) is 0 Å². The molecular formula is C19H26ClN5O4. The van der Waals surface area contributed by atoms with Crippen LogP contribution in [0.2, 0.25) is 0 Å². The second kappa shape index (κ2) is 8.54. The maximum absolute atomic E-state index is 12.9. The van der Waals surface area contributed by atoms with Crippen molar-refractivity contribution in [1.82, 2.24) is 15.1 Å². The minimum Gasteiger partial charge on any atom is -0.362 e. The number of benzene rings is 1. The van der Waals surface area contributed by atoms with E-state index in [-0.39, 0.29) is 29.9 Å². The number of rotatable bonds is 3. The second-order valence-corrected chi connectivity index (χ2v) is 7.84. The van der Waals surface area contributed by atoms with E-state index in [0.29, 0.717) is 62.4 Å². The molecule has 10 heteroatoms. The average molecular weight is 424 g/mol. The molecule has 0 bridgehead atoms. The molecule has 3 heterocycles. The normalized spacial score (nSPS) is 23.6. The standard InChI is InChI=1S/C19H25N5O4.ClH/c1-13(25)21-4-6-22(7-5-21)17-3-2-14(8-18(17)24(27)28)19(26)23-11-15-9-20-10-16(15)12-23;/h2-3,8,15-16,20H,4-7,9-12H2,1H3;1H/t15-,16+;. The summed E-state index contributed by atoms with van der Waals surface area (Å²) in [7, 11) is 0. The zero-order valence-corrected chi connectivity index (χ0v) is 17.2. The lowest BCUT2D eigenvalue weighted by atomic mass is 10.0. The van der Waals surface area contributed by atoms with Gasteiger partial charge in [0.05, 0.1) is 4.92 Å². The number of hydrogen-bond acceptors (Lipinski definition) is 6. The topological polar surface area (TPSA) is 99.0 Å². The predicted molar refractivity (Wildman–Crippen MR) is 111 cm³/mol. The first-order valence-corrected chi connectivity index (χ1v) is 9.73. The summed E-state index contributed by atoms with van der Waals surface area (Å²) >= 11 is 0. The van der Waals surface area contributed by atoms with E-state index in [4.69, 9.17) is 0 Å². The molecule has 1 aromatic rings. The third-order valence-electron chi connectivity index (χ3n) is 6.16. The molecule has 2 amide bonds. The number of carbonyl (C=O) groups excluding carboxylic acids is 2. The van der Waals surface area contributed by atoms with Crippen molar-refractivity contribution in [1.29, 1.82) is 0 Å². The second-order valence-electron chi connectivity index (χ2n) is 7.84. The molecule has 1 N–H and O–H groups in total. The maximum atomic E-state index is 12.9. The molecule has 3 saturated heterocycles. The molecule has 1 aromatic carbocycles. The third kappa shape index (κ3) is 4.16. The number of fused-ring (bicyclic) bond motifs is 1. The summed E-state index contributed by atoms with van der Waals surface area (Å²) in [5, 5.41) is 15.0. The smallest absolute Gasteiger partial charge is 0.293 e. The summed E-state index contributed by atoms with van der Waals surface area (Å²) < 4.78 is 0. The van der Waals surface area contributed by atoms with Crippen LogP contribution >= 0.6 is 12.4 Å². The first kappa shape index (κ1) is 21.3. The fraction of sp³-hybridized carbons (Fsp3) is 0.579. The van der Waals surface area contributed by atoms with E-state index in [1.807, 2.05) is 9.80 Å². The SMILES string of the molecule is CC(=O)N1CCN(c2ccc(C(=O)N3C[C@H]4CNC[C@H]4C3)cc2[N+](=O)[O-])CC1.Cl. The van der Waals surface area contributed by atoms with Crippen molar-refractivity contribution < 1.29 is 14.5 Å². The number of halogens is 1. The quantitative estimate of drug-likeness (QED) is 0.574. The Morgan fingerprint density at radius 3 is 2.24 bits per heavy atom. The van der Waals surface area contributed by atoms with Crippen molar-refractivity contribution in [2.24, 2.45) is 11.8 Å². The van der Waals surface area contributed by atoms with Crippen LogP contribution in [0.5, 0.6) is 0 Å². The van der Waals surface area contributed by atoms with E-state index in [2.05, 4.69) is 5.32 Å². The monoisotopic (exact) mass is 423 g/mol. The molecule has 9 nitrogen and oxygen atoms in total. The van der Waals surface area contributed by atoms with E-state index in [9.17, 15) is 19.7 Å². The van der Waals surface area contributed by atoms with Crippen molar-refractivity contribution in [2.75, 3.05) is 57.3 Å². The lowest BCUT2D eigenvalue weighted by Gasteiger charge is -2.35. The lowest BCUT2D eigenvalue weighted by Crippen LogP contribution is -2.48. The Balaban J connectivity index is 0.00000240. The van der Waals surface area contributed by atoms with E-state index in [1.54, 1.807) is 17.0 Å². The van der Waals surface area contributed by atoms with Gasteiger partial charge in [0.1, 0.15) is 5.69 Å². The largest absolute Gasteiger partial charge is 0.362 e. The highest BCUT2D eigenvalue weighted by Crippen LogP contribution is 2.32. The highest BCUT2D eigenvalue weighted by atomic mass is 35.5. The summed E-state index contributed by atoms with van der Waals surface area (Å²) in [4.78, 5) is 41.1. The molecule has 0 unspecified atom stereocenters. The van der Waals surface area contributed by atoms with E-state index in [0.717, 1.165) is 13.1 Å². The number of carbonyl (C=O) groups is 2. The molecule has 158 valence electrons. The predicted octanol–water partition coefficient (Wildman–Crippen LogP) is 0.977. The van der Waals surface area contributed by atoms with Gasteiger partial charge in [0, 0.05) is 70.9 Å². The van der Waals surface area contributed by atoms with Crippen LogP contribution in [-0.4, -0.2) is 78.9 Å². The fourth-order valence-corrected chi connectivity index (χ4v) is 4.54. The molecular weight excluding hydrogens is 398 g/mol. The van der Waals surface area contributed by atoms with Crippen LogP contribution in [0.25, 0.3) is 0 Å². The van der Waals surface area contributed by atoms with Gasteiger partial charge >= 0.3 is 0 Å². The average Bonchev–Trinajstić information content (AvgIpc) is 3.29. The number of hydrogen-bond donors (Lipinski definition) is 1. The van der Waals surface area contributed by atoms with Gasteiger partial charge in [-0.3, -0.25) is 19.7 Å². The van der Waals surface area contributed by atoms with Gasteiger partial charge in [-0.05, 0) is 24.0 Å². The van der Waals surface area contributed by atoms with Gasteiger partial charge in [0.25, 0.3) is 11.6 Å². The zero-order chi connectivity index (χ0) is 19.8. The Morgan fingerprint density at radius 1 is 1.07 bits per heavy atom. The number of nitrogens with zero attached hydrogens (tertiary/aromatic N) is 4. The molecule has 2 atom stereocenters. The number of nitro groups is 1. The Bertz CT molecular complexity index is 800. The lowest BCUT2D eigenvalue weighted by molar-refractivity contribution is -0.384. The molecule has 3 aliphatic heterocycles. The van der Waals surface area contributed by atoms with Gasteiger partial charge in [0.15, 0.2) is 0 Å². The van der Waals surface area contributed by atoms with Gasteiger partial charge < -0.3 is 20.0 Å². The highest BCUT2D eigenvalue weighted by molar-refractivity contribution is 5.96. The molecule has 3 fully saturated rings. The van der Waals surface area contributed by atoms with Crippen molar-refractivity contribution in [3.05, 3.63) is 33.9 Å². The van der Waals surface area contributed by atoms with Gasteiger partial charge in [0.2, 0.25) is 5.91 Å². The zero-order valence-electron chi connectivity index (χ0n) is 16.4. The van der Waals surface area contributed by atoms with Crippen LogP contribution in [0, 0.1) is 22.0 Å². The molecule has 0 aromatic heterocycles. The number of piperazine rings is 1. The van der Waals surface area contributed by atoms with Crippen molar-refractivity contribution in [2.45, 2.75) is 6.92 Å². The Hall–Kier alpha value is -2.39. The number of amides is 2. The van der Waals surface area contributed by atoms with Crippen LogP contribution in [0.3, 0.4) is 0 Å². The third-order valence-corrected chi connectivity index (χ3v) is 6.16. The van der Waals surface area contributed by atoms with Crippen molar-refractivity contribution >= 4 is 35.6 Å². The van der Waals surface area contributed by atoms with Gasteiger partial charge in [-0.1, -0.05) is 0 Å². The van der Waals surface area contributed by atoms with Crippen molar-refractivity contribution in [3.63, 3.8) is 0 Å². The molecule has 3 aliphatic rings. The minimum absolute atomic E-state index is 0. The first-order valence-electron chi connectivity index (χ1n) is 9.73. The van der Waals surface area contributed by atoms with Crippen LogP contribution in [0.1, 0.15) is 17.3 Å². The van der Waals surface area contributed by atoms with Crippen LogP contribution in [0.15, 0.2) is 18.2 Å². The summed E-state index contributed by atoms with van der Waals surface area (Å²) in [5.41, 5.74) is 0.821. The number of nitro benzene ring substituents is 1. The number of anilines is 1. The van der Waals surface area contributed by atoms with E-state index < -0.39 is 4.92 Å². The van der Waals surface area contributed by atoms with Crippen LogP contribution in [-0.2, 0) is 4.79 Å². The molecule has 0 spiro atoms. The summed E-state index contributed by atoms with van der Waals surface area (Å²) in [6.45, 7) is 6.96. The fourth-order valence-electron chi connectivity index (χ4n) is 4.54. The van der Waals surface area contributed by atoms with E-state index in [1.165, 1.54) is 13.0 Å². The van der Waals surface area contributed by atoms with Gasteiger partial charge in [-0.15, -0.1) is 12.4 Å². The summed E-state index contributed by atoms with van der Waals surface area (Å²) in [6, 6.07) is 4.77.